The Kier molecular flexibility index (Phi) is 9.26. The largest absolute Gasteiger partial charge is 0.493 e. The zero-order chi connectivity index (χ0) is 19.5. The fourth-order valence-corrected chi connectivity index (χ4v) is 2.32. The third-order valence-electron chi connectivity index (χ3n) is 3.69. The molecule has 0 spiro atoms. The van der Waals surface area contributed by atoms with Crippen LogP contribution in [0.5, 0.6) is 11.5 Å². The molecule has 0 aliphatic rings. The van der Waals surface area contributed by atoms with E-state index in [9.17, 15) is 14.7 Å². The maximum Gasteiger partial charge on any atom is 0.326 e. The number of methoxy groups -OCH3 is 1. The van der Waals surface area contributed by atoms with Crippen molar-refractivity contribution in [2.24, 2.45) is 5.92 Å². The molecule has 0 saturated carbocycles. The first kappa shape index (κ1) is 21.5. The van der Waals surface area contributed by atoms with Crippen molar-refractivity contribution < 1.29 is 24.2 Å². The zero-order valence-corrected chi connectivity index (χ0v) is 16.0. The molecular formula is C20H29NO5. The van der Waals surface area contributed by atoms with Crippen LogP contribution in [-0.4, -0.2) is 36.7 Å². The normalized spacial score (nSPS) is 12.2. The van der Waals surface area contributed by atoms with E-state index >= 15 is 0 Å². The standard InChI is InChI=1S/C20H29NO5/c1-5-6-11-26-17-9-7-15(13-18(17)25-4)8-10-19(22)21-16(20(23)24)12-14(2)3/h7-10,13-14,16H,5-6,11-12H2,1-4H3,(H,21,22)(H,23,24)/t16-/m0/s1. The molecule has 0 saturated heterocycles. The second kappa shape index (κ2) is 11.2. The molecule has 1 atom stereocenters. The summed E-state index contributed by atoms with van der Waals surface area (Å²) in [6.45, 7) is 6.54. The van der Waals surface area contributed by atoms with Crippen LogP contribution in [0.2, 0.25) is 0 Å². The lowest BCUT2D eigenvalue weighted by Crippen LogP contribution is -2.40. The second-order valence-corrected chi connectivity index (χ2v) is 6.47. The van der Waals surface area contributed by atoms with E-state index in [-0.39, 0.29) is 5.92 Å². The molecule has 6 heteroatoms. The highest BCUT2D eigenvalue weighted by molar-refractivity contribution is 5.94. The fourth-order valence-electron chi connectivity index (χ4n) is 2.32. The van der Waals surface area contributed by atoms with Gasteiger partial charge in [-0.1, -0.05) is 33.3 Å². The lowest BCUT2D eigenvalue weighted by molar-refractivity contribution is -0.141. The van der Waals surface area contributed by atoms with E-state index in [1.165, 1.54) is 6.08 Å². The minimum atomic E-state index is -1.03. The van der Waals surface area contributed by atoms with E-state index in [1.54, 1.807) is 25.3 Å². The van der Waals surface area contributed by atoms with Crippen molar-refractivity contribution in [3.8, 4) is 11.5 Å². The molecular weight excluding hydrogens is 334 g/mol. The van der Waals surface area contributed by atoms with Gasteiger partial charge in [0.15, 0.2) is 11.5 Å². The predicted octanol–water partition coefficient (Wildman–Crippen LogP) is 3.50. The van der Waals surface area contributed by atoms with E-state index in [4.69, 9.17) is 9.47 Å². The number of amides is 1. The number of unbranched alkanes of at least 4 members (excludes halogenated alkanes) is 1. The van der Waals surface area contributed by atoms with Crippen LogP contribution >= 0.6 is 0 Å². The average Bonchev–Trinajstić information content (AvgIpc) is 2.59. The molecule has 1 amide bonds. The number of hydrogen-bond donors (Lipinski definition) is 2. The molecule has 0 aliphatic carbocycles. The second-order valence-electron chi connectivity index (χ2n) is 6.47. The smallest absolute Gasteiger partial charge is 0.326 e. The molecule has 1 aromatic carbocycles. The van der Waals surface area contributed by atoms with E-state index in [2.05, 4.69) is 12.2 Å². The van der Waals surface area contributed by atoms with Crippen molar-refractivity contribution in [2.75, 3.05) is 13.7 Å². The Labute approximate surface area is 155 Å². The van der Waals surface area contributed by atoms with Gasteiger partial charge in [-0.05, 0) is 42.5 Å². The molecule has 1 aromatic rings. The highest BCUT2D eigenvalue weighted by Crippen LogP contribution is 2.28. The van der Waals surface area contributed by atoms with Crippen LogP contribution in [0.4, 0.5) is 0 Å². The summed E-state index contributed by atoms with van der Waals surface area (Å²) in [6.07, 6.45) is 5.33. The third kappa shape index (κ3) is 7.59. The Morgan fingerprint density at radius 1 is 1.27 bits per heavy atom. The summed E-state index contributed by atoms with van der Waals surface area (Å²) < 4.78 is 11.0. The molecule has 0 unspecified atom stereocenters. The van der Waals surface area contributed by atoms with Crippen molar-refractivity contribution >= 4 is 18.0 Å². The van der Waals surface area contributed by atoms with Gasteiger partial charge in [0.25, 0.3) is 0 Å². The maximum absolute atomic E-state index is 12.0. The van der Waals surface area contributed by atoms with Gasteiger partial charge < -0.3 is 19.9 Å². The average molecular weight is 363 g/mol. The van der Waals surface area contributed by atoms with Crippen LogP contribution in [0, 0.1) is 5.92 Å². The first-order chi connectivity index (χ1) is 12.4. The number of carboxylic acids is 1. The van der Waals surface area contributed by atoms with E-state index in [0.29, 0.717) is 24.5 Å². The Hall–Kier alpha value is -2.50. The monoisotopic (exact) mass is 363 g/mol. The number of rotatable bonds is 11. The number of carboxylic acid groups (broad SMARTS) is 1. The molecule has 0 bridgehead atoms. The van der Waals surface area contributed by atoms with Crippen LogP contribution in [0.3, 0.4) is 0 Å². The molecule has 144 valence electrons. The minimum Gasteiger partial charge on any atom is -0.493 e. The first-order valence-corrected chi connectivity index (χ1v) is 8.89. The Morgan fingerprint density at radius 3 is 2.58 bits per heavy atom. The van der Waals surface area contributed by atoms with Crippen LogP contribution in [0.25, 0.3) is 6.08 Å². The van der Waals surface area contributed by atoms with Crippen molar-refractivity contribution in [3.05, 3.63) is 29.8 Å². The molecule has 1 rings (SSSR count). The summed E-state index contributed by atoms with van der Waals surface area (Å²) in [6, 6.07) is 4.49. The van der Waals surface area contributed by atoms with Crippen LogP contribution < -0.4 is 14.8 Å². The highest BCUT2D eigenvalue weighted by atomic mass is 16.5. The summed E-state index contributed by atoms with van der Waals surface area (Å²) in [5.41, 5.74) is 0.760. The molecule has 0 fully saturated rings. The molecule has 0 heterocycles. The third-order valence-corrected chi connectivity index (χ3v) is 3.69. The molecule has 0 aromatic heterocycles. The van der Waals surface area contributed by atoms with Gasteiger partial charge in [0, 0.05) is 6.08 Å². The van der Waals surface area contributed by atoms with E-state index in [0.717, 1.165) is 18.4 Å². The molecule has 26 heavy (non-hydrogen) atoms. The van der Waals surface area contributed by atoms with Gasteiger partial charge in [-0.3, -0.25) is 4.79 Å². The minimum absolute atomic E-state index is 0.171. The van der Waals surface area contributed by atoms with Gasteiger partial charge in [0.2, 0.25) is 5.91 Å². The number of benzene rings is 1. The maximum atomic E-state index is 12.0. The van der Waals surface area contributed by atoms with Gasteiger partial charge in [-0.15, -0.1) is 0 Å². The van der Waals surface area contributed by atoms with Crippen LogP contribution in [-0.2, 0) is 9.59 Å². The lowest BCUT2D eigenvalue weighted by Gasteiger charge is -2.15. The summed E-state index contributed by atoms with van der Waals surface area (Å²) >= 11 is 0. The molecule has 2 N–H and O–H groups in total. The Balaban J connectivity index is 2.74. The quantitative estimate of drug-likeness (QED) is 0.464. The van der Waals surface area contributed by atoms with Crippen LogP contribution in [0.15, 0.2) is 24.3 Å². The Bertz CT molecular complexity index is 625. The van der Waals surface area contributed by atoms with Crippen molar-refractivity contribution in [1.82, 2.24) is 5.32 Å². The summed E-state index contributed by atoms with van der Waals surface area (Å²) in [5, 5.41) is 11.7. The van der Waals surface area contributed by atoms with Gasteiger partial charge in [0.05, 0.1) is 13.7 Å². The summed E-state index contributed by atoms with van der Waals surface area (Å²) in [7, 11) is 1.56. The number of hydrogen-bond acceptors (Lipinski definition) is 4. The molecule has 6 nitrogen and oxygen atoms in total. The van der Waals surface area contributed by atoms with Gasteiger partial charge in [0.1, 0.15) is 6.04 Å². The van der Waals surface area contributed by atoms with Crippen molar-refractivity contribution in [1.29, 1.82) is 0 Å². The zero-order valence-electron chi connectivity index (χ0n) is 16.0. The van der Waals surface area contributed by atoms with Gasteiger partial charge in [-0.2, -0.15) is 0 Å². The fraction of sp³-hybridized carbons (Fsp3) is 0.500. The first-order valence-electron chi connectivity index (χ1n) is 8.89. The van der Waals surface area contributed by atoms with Crippen molar-refractivity contribution in [2.45, 2.75) is 46.1 Å². The number of ether oxygens (including phenoxy) is 2. The van der Waals surface area contributed by atoms with Crippen LogP contribution in [0.1, 0.15) is 45.6 Å². The predicted molar refractivity (Wildman–Crippen MR) is 101 cm³/mol. The molecule has 0 radical (unpaired) electrons. The molecule has 0 aliphatic heterocycles. The summed E-state index contributed by atoms with van der Waals surface area (Å²) in [5.74, 6) is -0.0572. The highest BCUT2D eigenvalue weighted by Gasteiger charge is 2.19. The topological polar surface area (TPSA) is 84.9 Å². The number of carbonyl (C=O) groups is 2. The van der Waals surface area contributed by atoms with Crippen molar-refractivity contribution in [3.63, 3.8) is 0 Å². The number of carbonyl (C=O) groups excluding carboxylic acids is 1. The SMILES string of the molecule is CCCCOc1ccc(C=CC(=O)N[C@@H](CC(C)C)C(=O)O)cc1OC. The van der Waals surface area contributed by atoms with E-state index < -0.39 is 17.9 Å². The Morgan fingerprint density at radius 2 is 2.00 bits per heavy atom. The summed E-state index contributed by atoms with van der Waals surface area (Å²) in [4.78, 5) is 23.2. The number of aliphatic carboxylic acids is 1. The van der Waals surface area contributed by atoms with E-state index in [1.807, 2.05) is 19.9 Å². The lowest BCUT2D eigenvalue weighted by atomic mass is 10.0. The number of nitrogens with one attached hydrogen (secondary N) is 1. The van der Waals surface area contributed by atoms with Gasteiger partial charge in [-0.25, -0.2) is 4.79 Å². The van der Waals surface area contributed by atoms with Gasteiger partial charge >= 0.3 is 5.97 Å².